The Morgan fingerprint density at radius 1 is 1.23 bits per heavy atom. The number of benzene rings is 3. The van der Waals surface area contributed by atoms with Crippen LogP contribution in [0.3, 0.4) is 0 Å². The van der Waals surface area contributed by atoms with Gasteiger partial charge < -0.3 is 10.1 Å². The highest BCUT2D eigenvalue weighted by Gasteiger charge is 2.15. The van der Waals surface area contributed by atoms with Gasteiger partial charge in [0.05, 0.1) is 7.11 Å². The lowest BCUT2D eigenvalue weighted by atomic mass is 10.0. The van der Waals surface area contributed by atoms with E-state index in [-0.39, 0.29) is 17.8 Å². The molecule has 3 aromatic rings. The second-order valence-electron chi connectivity index (χ2n) is 6.58. The number of carbonyl (C=O) groups is 1. The van der Waals surface area contributed by atoms with Crippen molar-refractivity contribution >= 4 is 45.2 Å². The van der Waals surface area contributed by atoms with Gasteiger partial charge in [0.1, 0.15) is 23.2 Å². The van der Waals surface area contributed by atoms with Crippen molar-refractivity contribution in [1.29, 1.82) is 5.26 Å². The molecule has 0 unspecified atom stereocenters. The number of nitriles is 1. The molecule has 0 radical (unpaired) electrons. The maximum atomic E-state index is 14.1. The summed E-state index contributed by atoms with van der Waals surface area (Å²) in [5.41, 5.74) is 2.08. The van der Waals surface area contributed by atoms with Gasteiger partial charge in [0.25, 0.3) is 5.91 Å². The van der Waals surface area contributed by atoms with E-state index in [0.717, 1.165) is 4.47 Å². The number of rotatable bonds is 6. The molecule has 0 fully saturated rings. The number of amides is 1. The van der Waals surface area contributed by atoms with E-state index in [1.807, 2.05) is 6.07 Å². The molecule has 0 aliphatic heterocycles. The Morgan fingerprint density at radius 3 is 2.58 bits per heavy atom. The minimum atomic E-state index is -0.546. The van der Waals surface area contributed by atoms with E-state index in [9.17, 15) is 14.4 Å². The van der Waals surface area contributed by atoms with Crippen molar-refractivity contribution in [2.75, 3.05) is 12.4 Å². The summed E-state index contributed by atoms with van der Waals surface area (Å²) in [4.78, 5) is 12.5. The molecule has 0 spiro atoms. The molecule has 0 aliphatic carbocycles. The molecule has 31 heavy (non-hydrogen) atoms. The van der Waals surface area contributed by atoms with Crippen LogP contribution in [0, 0.1) is 17.1 Å². The normalized spacial score (nSPS) is 11.0. The fourth-order valence-electron chi connectivity index (χ4n) is 2.95. The fourth-order valence-corrected chi connectivity index (χ4v) is 3.50. The summed E-state index contributed by atoms with van der Waals surface area (Å²) in [5, 5.41) is 12.5. The van der Waals surface area contributed by atoms with Crippen molar-refractivity contribution < 1.29 is 13.9 Å². The van der Waals surface area contributed by atoms with Crippen molar-refractivity contribution in [2.24, 2.45) is 0 Å². The van der Waals surface area contributed by atoms with Crippen LogP contribution in [0.2, 0.25) is 5.02 Å². The number of methoxy groups -OCH3 is 1. The summed E-state index contributed by atoms with van der Waals surface area (Å²) in [6, 6.07) is 18.6. The van der Waals surface area contributed by atoms with Gasteiger partial charge in [-0.15, -0.1) is 0 Å². The van der Waals surface area contributed by atoms with Gasteiger partial charge in [-0.05, 0) is 59.7 Å². The zero-order valence-corrected chi connectivity index (χ0v) is 18.8. The Kier molecular flexibility index (Phi) is 7.45. The fraction of sp³-hybridized carbons (Fsp3) is 0.0833. The third-order valence-electron chi connectivity index (χ3n) is 4.50. The van der Waals surface area contributed by atoms with E-state index >= 15 is 0 Å². The Labute approximate surface area is 193 Å². The highest BCUT2D eigenvalue weighted by molar-refractivity contribution is 9.10. The zero-order chi connectivity index (χ0) is 22.4. The van der Waals surface area contributed by atoms with Crippen molar-refractivity contribution in [3.63, 3.8) is 0 Å². The topological polar surface area (TPSA) is 62.1 Å². The molecular weight excluding hydrogens is 483 g/mol. The van der Waals surface area contributed by atoms with Crippen LogP contribution in [0.4, 0.5) is 10.1 Å². The first-order valence-electron chi connectivity index (χ1n) is 9.19. The average molecular weight is 500 g/mol. The minimum Gasteiger partial charge on any atom is -0.496 e. The molecular formula is C24H17BrClFN2O2. The maximum Gasteiger partial charge on any atom is 0.266 e. The molecule has 3 aromatic carbocycles. The van der Waals surface area contributed by atoms with Crippen LogP contribution in [0.1, 0.15) is 16.7 Å². The molecule has 3 rings (SSSR count). The van der Waals surface area contributed by atoms with Crippen LogP contribution < -0.4 is 10.1 Å². The van der Waals surface area contributed by atoms with Crippen LogP contribution in [-0.4, -0.2) is 13.0 Å². The summed E-state index contributed by atoms with van der Waals surface area (Å²) >= 11 is 9.77. The van der Waals surface area contributed by atoms with E-state index < -0.39 is 5.91 Å². The van der Waals surface area contributed by atoms with Gasteiger partial charge in [-0.25, -0.2) is 4.39 Å². The Bertz CT molecular complexity index is 1190. The van der Waals surface area contributed by atoms with E-state index in [1.54, 1.807) is 54.6 Å². The lowest BCUT2D eigenvalue weighted by Crippen LogP contribution is -2.13. The third-order valence-corrected chi connectivity index (χ3v) is 5.37. The van der Waals surface area contributed by atoms with E-state index in [2.05, 4.69) is 21.2 Å². The molecule has 0 aromatic heterocycles. The van der Waals surface area contributed by atoms with Gasteiger partial charge in [-0.3, -0.25) is 4.79 Å². The minimum absolute atomic E-state index is 0.0945. The molecule has 156 valence electrons. The zero-order valence-electron chi connectivity index (χ0n) is 16.5. The molecule has 0 atom stereocenters. The number of nitrogens with one attached hydrogen (secondary N) is 1. The summed E-state index contributed by atoms with van der Waals surface area (Å²) in [7, 11) is 1.48. The van der Waals surface area contributed by atoms with Crippen LogP contribution in [0.5, 0.6) is 5.75 Å². The SMILES string of the molecule is COc1cc(/C=C(\C#N)C(=O)Nc2ccc(Br)cc2)cc(Cl)c1Cc1ccccc1F. The summed E-state index contributed by atoms with van der Waals surface area (Å²) in [5.74, 6) is -0.441. The largest absolute Gasteiger partial charge is 0.496 e. The summed E-state index contributed by atoms with van der Waals surface area (Å²) in [6.07, 6.45) is 1.67. The molecule has 1 amide bonds. The second kappa shape index (κ2) is 10.3. The van der Waals surface area contributed by atoms with Gasteiger partial charge in [0, 0.05) is 27.2 Å². The number of hydrogen-bond acceptors (Lipinski definition) is 3. The molecule has 0 bridgehead atoms. The quantitative estimate of drug-likeness (QED) is 0.316. The van der Waals surface area contributed by atoms with Gasteiger partial charge in [0.2, 0.25) is 0 Å². The van der Waals surface area contributed by atoms with E-state index in [4.69, 9.17) is 16.3 Å². The highest BCUT2D eigenvalue weighted by atomic mass is 79.9. The number of anilines is 1. The lowest BCUT2D eigenvalue weighted by molar-refractivity contribution is -0.112. The number of hydrogen-bond donors (Lipinski definition) is 1. The van der Waals surface area contributed by atoms with E-state index in [1.165, 1.54) is 19.3 Å². The van der Waals surface area contributed by atoms with Crippen molar-refractivity contribution in [3.05, 3.63) is 98.2 Å². The summed E-state index contributed by atoms with van der Waals surface area (Å²) in [6.45, 7) is 0. The van der Waals surface area contributed by atoms with Crippen LogP contribution >= 0.6 is 27.5 Å². The van der Waals surface area contributed by atoms with Crippen molar-refractivity contribution in [3.8, 4) is 11.8 Å². The van der Waals surface area contributed by atoms with Crippen molar-refractivity contribution in [2.45, 2.75) is 6.42 Å². The standard InChI is InChI=1S/C24H17BrClFN2O2/c1-31-23-12-15(11-21(26)20(23)13-16-4-2-3-5-22(16)27)10-17(14-28)24(30)29-19-8-6-18(25)7-9-19/h2-12H,13H2,1H3,(H,29,30)/b17-10+. The van der Waals surface area contributed by atoms with Crippen molar-refractivity contribution in [1.82, 2.24) is 0 Å². The average Bonchev–Trinajstić information content (AvgIpc) is 2.76. The van der Waals surface area contributed by atoms with Crippen LogP contribution in [0.25, 0.3) is 6.08 Å². The number of nitrogens with zero attached hydrogens (tertiary/aromatic N) is 1. The number of ether oxygens (including phenoxy) is 1. The molecule has 4 nitrogen and oxygen atoms in total. The molecule has 0 aliphatic rings. The lowest BCUT2D eigenvalue weighted by Gasteiger charge is -2.13. The maximum absolute atomic E-state index is 14.1. The third kappa shape index (κ3) is 5.72. The molecule has 0 saturated heterocycles. The van der Waals surface area contributed by atoms with Gasteiger partial charge in [-0.1, -0.05) is 45.7 Å². The Morgan fingerprint density at radius 2 is 1.94 bits per heavy atom. The van der Waals surface area contributed by atoms with Gasteiger partial charge in [0.15, 0.2) is 0 Å². The Hall–Kier alpha value is -3.14. The van der Waals surface area contributed by atoms with E-state index in [0.29, 0.717) is 33.1 Å². The molecule has 1 N–H and O–H groups in total. The first-order valence-corrected chi connectivity index (χ1v) is 10.4. The first-order chi connectivity index (χ1) is 14.9. The molecule has 0 heterocycles. The predicted octanol–water partition coefficient (Wildman–Crippen LogP) is 6.39. The number of carbonyl (C=O) groups excluding carboxylic acids is 1. The predicted molar refractivity (Wildman–Crippen MR) is 124 cm³/mol. The van der Waals surface area contributed by atoms with Crippen LogP contribution in [-0.2, 0) is 11.2 Å². The molecule has 7 heteroatoms. The van der Waals surface area contributed by atoms with Crippen LogP contribution in [0.15, 0.2) is 70.7 Å². The van der Waals surface area contributed by atoms with Gasteiger partial charge in [-0.2, -0.15) is 5.26 Å². The molecule has 0 saturated carbocycles. The first kappa shape index (κ1) is 22.5. The van der Waals surface area contributed by atoms with Gasteiger partial charge >= 0.3 is 0 Å². The smallest absolute Gasteiger partial charge is 0.266 e. The summed E-state index contributed by atoms with van der Waals surface area (Å²) < 4.78 is 20.4. The Balaban J connectivity index is 1.89. The highest BCUT2D eigenvalue weighted by Crippen LogP contribution is 2.32. The second-order valence-corrected chi connectivity index (χ2v) is 7.91. The monoisotopic (exact) mass is 498 g/mol. The number of halogens is 3.